The molecule has 18 heavy (non-hydrogen) atoms. The van der Waals surface area contributed by atoms with E-state index in [4.69, 9.17) is 5.11 Å². The van der Waals surface area contributed by atoms with Crippen LogP contribution >= 0.6 is 0 Å². The Balaban J connectivity index is 2.45. The standard InChI is InChI=1S/C11H13NO5S/c13-10-4-3-8(7-9(10)11(14)15)18(16,17)12-5-1-2-6-12/h3-4,7,13H,1-2,5-6H2,(H,14,15)/p-1. The lowest BCUT2D eigenvalue weighted by molar-refractivity contribution is -0.268. The molecule has 0 bridgehead atoms. The number of carbonyl (C=O) groups is 1. The van der Waals surface area contributed by atoms with Crippen molar-refractivity contribution in [3.05, 3.63) is 23.8 Å². The van der Waals surface area contributed by atoms with Crippen LogP contribution in [0.15, 0.2) is 23.1 Å². The predicted octanol–water partition coefficient (Wildman–Crippen LogP) is 0.243. The van der Waals surface area contributed by atoms with Gasteiger partial charge in [-0.2, -0.15) is 4.31 Å². The van der Waals surface area contributed by atoms with Gasteiger partial charge in [-0.25, -0.2) is 13.2 Å². The second-order valence-electron chi connectivity index (χ2n) is 4.07. The number of aromatic carboxylic acids is 1. The number of rotatable bonds is 3. The first-order valence-corrected chi connectivity index (χ1v) is 6.91. The van der Waals surface area contributed by atoms with Crippen LogP contribution in [0, 0.1) is 0 Å². The van der Waals surface area contributed by atoms with E-state index in [1.54, 1.807) is 0 Å². The Morgan fingerprint density at radius 2 is 1.89 bits per heavy atom. The van der Waals surface area contributed by atoms with Gasteiger partial charge in [-0.3, -0.25) is 0 Å². The number of nitrogens with zero attached hydrogens (tertiary/aromatic N) is 1. The molecule has 1 aromatic rings. The lowest BCUT2D eigenvalue weighted by atomic mass is 10.2. The molecule has 1 aliphatic heterocycles. The van der Waals surface area contributed by atoms with E-state index in [1.165, 1.54) is 4.31 Å². The maximum Gasteiger partial charge on any atom is 0.335 e. The van der Waals surface area contributed by atoms with Gasteiger partial charge >= 0.3 is 5.97 Å². The third kappa shape index (κ3) is 2.19. The average molecular weight is 270 g/mol. The van der Waals surface area contributed by atoms with E-state index < -0.39 is 27.3 Å². The van der Waals surface area contributed by atoms with Crippen LogP contribution in [0.4, 0.5) is 0 Å². The SMILES string of the molecule is O=C(O)c1cc(S(=O)(=O)N2CCCC2)ccc1[O-]. The first-order valence-electron chi connectivity index (χ1n) is 5.47. The van der Waals surface area contributed by atoms with Crippen molar-refractivity contribution in [1.29, 1.82) is 0 Å². The second-order valence-corrected chi connectivity index (χ2v) is 6.01. The Labute approximate surface area is 105 Å². The van der Waals surface area contributed by atoms with Crippen molar-refractivity contribution < 1.29 is 23.4 Å². The molecular formula is C11H12NO5S-. The monoisotopic (exact) mass is 270 g/mol. The summed E-state index contributed by atoms with van der Waals surface area (Å²) in [5.41, 5.74) is -0.518. The molecule has 1 fully saturated rings. The van der Waals surface area contributed by atoms with Gasteiger partial charge in [0.2, 0.25) is 10.0 Å². The molecule has 0 aromatic heterocycles. The Morgan fingerprint density at radius 1 is 1.28 bits per heavy atom. The normalized spacial score (nSPS) is 16.9. The molecule has 1 aliphatic rings. The number of carboxylic acid groups (broad SMARTS) is 1. The minimum Gasteiger partial charge on any atom is -0.872 e. The number of hydrogen-bond acceptors (Lipinski definition) is 4. The van der Waals surface area contributed by atoms with Gasteiger partial charge in [0.25, 0.3) is 0 Å². The van der Waals surface area contributed by atoms with Crippen molar-refractivity contribution in [2.75, 3.05) is 13.1 Å². The largest absolute Gasteiger partial charge is 0.872 e. The number of carboxylic acids is 1. The van der Waals surface area contributed by atoms with Crippen LogP contribution in [-0.4, -0.2) is 36.9 Å². The fourth-order valence-electron chi connectivity index (χ4n) is 1.91. The van der Waals surface area contributed by atoms with Crippen LogP contribution in [0.25, 0.3) is 0 Å². The van der Waals surface area contributed by atoms with E-state index in [-0.39, 0.29) is 4.90 Å². The van der Waals surface area contributed by atoms with E-state index >= 15 is 0 Å². The van der Waals surface area contributed by atoms with Crippen molar-refractivity contribution in [1.82, 2.24) is 4.31 Å². The number of sulfonamides is 1. The predicted molar refractivity (Wildman–Crippen MR) is 60.8 cm³/mol. The highest BCUT2D eigenvalue weighted by atomic mass is 32.2. The molecule has 0 atom stereocenters. The molecule has 1 N–H and O–H groups in total. The van der Waals surface area contributed by atoms with Crippen molar-refractivity contribution in [3.8, 4) is 5.75 Å². The van der Waals surface area contributed by atoms with Crippen LogP contribution in [0.2, 0.25) is 0 Å². The van der Waals surface area contributed by atoms with Gasteiger partial charge in [0.1, 0.15) is 0 Å². The summed E-state index contributed by atoms with van der Waals surface area (Å²) in [6, 6.07) is 3.06. The van der Waals surface area contributed by atoms with E-state index in [9.17, 15) is 18.3 Å². The number of benzene rings is 1. The highest BCUT2D eigenvalue weighted by Gasteiger charge is 2.27. The third-order valence-corrected chi connectivity index (χ3v) is 4.78. The molecule has 0 unspecified atom stereocenters. The van der Waals surface area contributed by atoms with Gasteiger partial charge < -0.3 is 10.2 Å². The van der Waals surface area contributed by atoms with Gasteiger partial charge in [-0.15, -0.1) is 0 Å². The summed E-state index contributed by atoms with van der Waals surface area (Å²) in [6.07, 6.45) is 1.59. The summed E-state index contributed by atoms with van der Waals surface area (Å²) in [7, 11) is -3.68. The summed E-state index contributed by atoms with van der Waals surface area (Å²) < 4.78 is 25.6. The topological polar surface area (TPSA) is 97.7 Å². The summed E-state index contributed by atoms with van der Waals surface area (Å²) >= 11 is 0. The zero-order valence-corrected chi connectivity index (χ0v) is 10.3. The summed E-state index contributed by atoms with van der Waals surface area (Å²) in [4.78, 5) is 10.7. The Kier molecular flexibility index (Phi) is 3.27. The highest BCUT2D eigenvalue weighted by Crippen LogP contribution is 2.24. The molecular weight excluding hydrogens is 258 g/mol. The van der Waals surface area contributed by atoms with E-state index in [2.05, 4.69) is 0 Å². The summed E-state index contributed by atoms with van der Waals surface area (Å²) in [5, 5.41) is 20.1. The average Bonchev–Trinajstić information content (AvgIpc) is 2.82. The first kappa shape index (κ1) is 12.8. The van der Waals surface area contributed by atoms with Crippen LogP contribution in [0.3, 0.4) is 0 Å². The molecule has 1 aromatic carbocycles. The van der Waals surface area contributed by atoms with Crippen molar-refractivity contribution in [2.45, 2.75) is 17.7 Å². The highest BCUT2D eigenvalue weighted by molar-refractivity contribution is 7.89. The van der Waals surface area contributed by atoms with Crippen molar-refractivity contribution in [2.24, 2.45) is 0 Å². The Bertz CT molecular complexity index is 575. The van der Waals surface area contributed by atoms with Crippen LogP contribution in [-0.2, 0) is 10.0 Å². The van der Waals surface area contributed by atoms with E-state index in [0.717, 1.165) is 31.0 Å². The minimum atomic E-state index is -3.68. The zero-order chi connectivity index (χ0) is 13.3. The molecule has 0 radical (unpaired) electrons. The summed E-state index contributed by atoms with van der Waals surface area (Å²) in [6.45, 7) is 0.869. The van der Waals surface area contributed by atoms with Crippen molar-refractivity contribution >= 4 is 16.0 Å². The molecule has 0 aliphatic carbocycles. The van der Waals surface area contributed by atoms with E-state index in [1.807, 2.05) is 0 Å². The van der Waals surface area contributed by atoms with Gasteiger partial charge in [0, 0.05) is 13.1 Å². The molecule has 7 heteroatoms. The zero-order valence-electron chi connectivity index (χ0n) is 9.50. The second kappa shape index (κ2) is 4.58. The fraction of sp³-hybridized carbons (Fsp3) is 0.364. The van der Waals surface area contributed by atoms with Gasteiger partial charge in [-0.1, -0.05) is 11.8 Å². The van der Waals surface area contributed by atoms with Crippen LogP contribution in [0.5, 0.6) is 5.75 Å². The molecule has 6 nitrogen and oxygen atoms in total. The smallest absolute Gasteiger partial charge is 0.335 e. The minimum absolute atomic E-state index is 0.138. The maximum absolute atomic E-state index is 12.2. The van der Waals surface area contributed by atoms with Crippen molar-refractivity contribution in [3.63, 3.8) is 0 Å². The molecule has 0 spiro atoms. The first-order chi connectivity index (χ1) is 8.43. The van der Waals surface area contributed by atoms with E-state index in [0.29, 0.717) is 13.1 Å². The van der Waals surface area contributed by atoms with Crippen LogP contribution < -0.4 is 5.11 Å². The molecule has 2 rings (SSSR count). The quantitative estimate of drug-likeness (QED) is 0.848. The number of hydrogen-bond donors (Lipinski definition) is 1. The lowest BCUT2D eigenvalue weighted by Gasteiger charge is -2.17. The molecule has 98 valence electrons. The molecule has 0 saturated carbocycles. The molecule has 1 saturated heterocycles. The summed E-state index contributed by atoms with van der Waals surface area (Å²) in [5.74, 6) is -2.11. The Hall–Kier alpha value is -1.60. The molecule has 0 amide bonds. The van der Waals surface area contributed by atoms with Gasteiger partial charge in [-0.05, 0) is 25.0 Å². The fourth-order valence-corrected chi connectivity index (χ4v) is 3.46. The lowest BCUT2D eigenvalue weighted by Crippen LogP contribution is -2.28. The molecule has 1 heterocycles. The maximum atomic E-state index is 12.2. The van der Waals surface area contributed by atoms with Gasteiger partial charge in [0.05, 0.1) is 10.5 Å². The van der Waals surface area contributed by atoms with Gasteiger partial charge in [0.15, 0.2) is 0 Å². The Morgan fingerprint density at radius 3 is 2.44 bits per heavy atom. The van der Waals surface area contributed by atoms with Crippen LogP contribution in [0.1, 0.15) is 23.2 Å². The third-order valence-electron chi connectivity index (χ3n) is 2.88.